The van der Waals surface area contributed by atoms with Crippen molar-refractivity contribution in [3.8, 4) is 12.1 Å². The number of hydrogen-bond acceptors (Lipinski definition) is 4. The second-order valence-corrected chi connectivity index (χ2v) is 4.85. The third kappa shape index (κ3) is 4.08. The molecule has 1 saturated carbocycles. The summed E-state index contributed by atoms with van der Waals surface area (Å²) in [6.45, 7) is 0.953. The Balaban J connectivity index is 1.87. The van der Waals surface area contributed by atoms with E-state index < -0.39 is 0 Å². The highest BCUT2D eigenvalue weighted by molar-refractivity contribution is 5.92. The van der Waals surface area contributed by atoms with E-state index >= 15 is 0 Å². The lowest BCUT2D eigenvalue weighted by molar-refractivity contribution is -0.117. The van der Waals surface area contributed by atoms with Gasteiger partial charge in [-0.2, -0.15) is 10.5 Å². The quantitative estimate of drug-likeness (QED) is 0.854. The molecule has 0 radical (unpaired) electrons. The van der Waals surface area contributed by atoms with E-state index in [9.17, 15) is 4.79 Å². The Morgan fingerprint density at radius 3 is 2.55 bits per heavy atom. The van der Waals surface area contributed by atoms with Crippen molar-refractivity contribution >= 4 is 11.6 Å². The number of nitrogens with one attached hydrogen (secondary N) is 1. The summed E-state index contributed by atoms with van der Waals surface area (Å²) in [7, 11) is 0. The summed E-state index contributed by atoms with van der Waals surface area (Å²) in [5.74, 6) is -0.0838. The Labute approximate surface area is 118 Å². The summed E-state index contributed by atoms with van der Waals surface area (Å²) in [6.07, 6.45) is 2.66. The van der Waals surface area contributed by atoms with Crippen molar-refractivity contribution in [1.82, 2.24) is 4.90 Å². The van der Waals surface area contributed by atoms with Gasteiger partial charge in [-0.1, -0.05) is 0 Å². The third-order valence-corrected chi connectivity index (χ3v) is 3.22. The molecule has 0 aliphatic heterocycles. The van der Waals surface area contributed by atoms with Crippen LogP contribution in [0.15, 0.2) is 24.3 Å². The molecule has 0 unspecified atom stereocenters. The minimum absolute atomic E-state index is 0.0838. The molecule has 0 atom stereocenters. The largest absolute Gasteiger partial charge is 0.325 e. The lowest BCUT2D eigenvalue weighted by atomic mass is 10.2. The normalized spacial score (nSPS) is 13.6. The van der Waals surface area contributed by atoms with Gasteiger partial charge in [-0.05, 0) is 37.1 Å². The molecule has 5 heteroatoms. The highest BCUT2D eigenvalue weighted by Gasteiger charge is 2.29. The van der Waals surface area contributed by atoms with Crippen LogP contribution in [0.1, 0.15) is 24.8 Å². The van der Waals surface area contributed by atoms with Crippen LogP contribution < -0.4 is 5.32 Å². The molecule has 2 rings (SSSR count). The molecule has 1 fully saturated rings. The molecule has 1 N–H and O–H groups in total. The average Bonchev–Trinajstić information content (AvgIpc) is 3.29. The molecule has 0 aromatic heterocycles. The van der Waals surface area contributed by atoms with Crippen LogP contribution in [0.25, 0.3) is 0 Å². The van der Waals surface area contributed by atoms with Crippen molar-refractivity contribution in [2.45, 2.75) is 25.3 Å². The third-order valence-electron chi connectivity index (χ3n) is 3.22. The van der Waals surface area contributed by atoms with Gasteiger partial charge in [-0.25, -0.2) is 0 Å². The molecule has 0 spiro atoms. The second kappa shape index (κ2) is 6.70. The minimum atomic E-state index is -0.0838. The maximum Gasteiger partial charge on any atom is 0.238 e. The van der Waals surface area contributed by atoms with E-state index in [0.29, 0.717) is 36.8 Å². The Kier molecular flexibility index (Phi) is 4.70. The number of nitrogens with zero attached hydrogens (tertiary/aromatic N) is 3. The first kappa shape index (κ1) is 14.0. The lowest BCUT2D eigenvalue weighted by Gasteiger charge is -2.19. The van der Waals surface area contributed by atoms with E-state index in [-0.39, 0.29) is 5.91 Å². The zero-order valence-corrected chi connectivity index (χ0v) is 11.2. The number of amides is 1. The fourth-order valence-corrected chi connectivity index (χ4v) is 2.04. The minimum Gasteiger partial charge on any atom is -0.325 e. The first-order chi connectivity index (χ1) is 9.72. The summed E-state index contributed by atoms with van der Waals surface area (Å²) in [5, 5.41) is 20.2. The number of carbonyl (C=O) groups excluding carboxylic acids is 1. The van der Waals surface area contributed by atoms with Gasteiger partial charge >= 0.3 is 0 Å². The maximum absolute atomic E-state index is 12.0. The molecule has 20 heavy (non-hydrogen) atoms. The van der Waals surface area contributed by atoms with E-state index in [1.165, 1.54) is 0 Å². The molecular formula is C15H16N4O. The molecule has 1 aliphatic carbocycles. The highest BCUT2D eigenvalue weighted by Crippen LogP contribution is 2.26. The molecule has 1 amide bonds. The summed E-state index contributed by atoms with van der Waals surface area (Å²) in [5.41, 5.74) is 1.25. The predicted molar refractivity (Wildman–Crippen MR) is 74.6 cm³/mol. The zero-order chi connectivity index (χ0) is 14.4. The monoisotopic (exact) mass is 268 g/mol. The van der Waals surface area contributed by atoms with Gasteiger partial charge in [0.25, 0.3) is 0 Å². The smallest absolute Gasteiger partial charge is 0.238 e. The Morgan fingerprint density at radius 2 is 2.00 bits per heavy atom. The van der Waals surface area contributed by atoms with E-state index in [2.05, 4.69) is 16.3 Å². The average molecular weight is 268 g/mol. The standard InChI is InChI=1S/C15H16N4O/c16-8-1-9-19(14-6-7-14)11-15(20)18-13-4-2-12(10-17)3-5-13/h2-5,14H,1,6-7,9,11H2,(H,18,20). The van der Waals surface area contributed by atoms with Gasteiger partial charge in [-0.3, -0.25) is 9.69 Å². The molecular weight excluding hydrogens is 252 g/mol. The van der Waals surface area contributed by atoms with Crippen LogP contribution in [-0.4, -0.2) is 29.9 Å². The van der Waals surface area contributed by atoms with E-state index in [4.69, 9.17) is 10.5 Å². The molecule has 1 aromatic carbocycles. The van der Waals surface area contributed by atoms with Crippen LogP contribution in [0, 0.1) is 22.7 Å². The molecule has 0 heterocycles. The van der Waals surface area contributed by atoms with Crippen molar-refractivity contribution in [1.29, 1.82) is 10.5 Å². The van der Waals surface area contributed by atoms with Gasteiger partial charge in [0, 0.05) is 24.7 Å². The Bertz CT molecular complexity index is 549. The van der Waals surface area contributed by atoms with Crippen molar-refractivity contribution in [3.05, 3.63) is 29.8 Å². The lowest BCUT2D eigenvalue weighted by Crippen LogP contribution is -2.35. The topological polar surface area (TPSA) is 79.9 Å². The van der Waals surface area contributed by atoms with Crippen LogP contribution in [0.5, 0.6) is 0 Å². The fourth-order valence-electron chi connectivity index (χ4n) is 2.04. The van der Waals surface area contributed by atoms with Crippen LogP contribution in [0.2, 0.25) is 0 Å². The molecule has 0 bridgehead atoms. The van der Waals surface area contributed by atoms with E-state index in [1.54, 1.807) is 24.3 Å². The first-order valence-corrected chi connectivity index (χ1v) is 6.64. The maximum atomic E-state index is 12.0. The van der Waals surface area contributed by atoms with Gasteiger partial charge < -0.3 is 5.32 Å². The number of nitriles is 2. The van der Waals surface area contributed by atoms with Gasteiger partial charge in [-0.15, -0.1) is 0 Å². The van der Waals surface area contributed by atoms with Gasteiger partial charge in [0.15, 0.2) is 0 Å². The molecule has 1 aromatic rings. The van der Waals surface area contributed by atoms with Crippen LogP contribution in [-0.2, 0) is 4.79 Å². The van der Waals surface area contributed by atoms with Gasteiger partial charge in [0.1, 0.15) is 0 Å². The molecule has 0 saturated heterocycles. The molecule has 102 valence electrons. The van der Waals surface area contributed by atoms with Crippen molar-refractivity contribution < 1.29 is 4.79 Å². The first-order valence-electron chi connectivity index (χ1n) is 6.64. The van der Waals surface area contributed by atoms with Gasteiger partial charge in [0.05, 0.1) is 24.2 Å². The van der Waals surface area contributed by atoms with Crippen LogP contribution >= 0.6 is 0 Å². The van der Waals surface area contributed by atoms with Gasteiger partial charge in [0.2, 0.25) is 5.91 Å². The van der Waals surface area contributed by atoms with Crippen molar-refractivity contribution in [2.75, 3.05) is 18.4 Å². The summed E-state index contributed by atoms with van der Waals surface area (Å²) < 4.78 is 0. The van der Waals surface area contributed by atoms with Crippen molar-refractivity contribution in [2.24, 2.45) is 0 Å². The van der Waals surface area contributed by atoms with E-state index in [1.807, 2.05) is 6.07 Å². The number of anilines is 1. The summed E-state index contributed by atoms with van der Waals surface area (Å²) in [6, 6.07) is 11.4. The number of rotatable bonds is 6. The fraction of sp³-hybridized carbons (Fsp3) is 0.400. The number of benzene rings is 1. The Morgan fingerprint density at radius 1 is 1.30 bits per heavy atom. The van der Waals surface area contributed by atoms with E-state index in [0.717, 1.165) is 12.8 Å². The predicted octanol–water partition coefficient (Wildman–Crippen LogP) is 1.87. The zero-order valence-electron chi connectivity index (χ0n) is 11.2. The number of carbonyl (C=O) groups is 1. The highest BCUT2D eigenvalue weighted by atomic mass is 16.2. The van der Waals surface area contributed by atoms with Crippen molar-refractivity contribution in [3.63, 3.8) is 0 Å². The SMILES string of the molecule is N#CCCN(CC(=O)Nc1ccc(C#N)cc1)C1CC1. The molecule has 1 aliphatic rings. The summed E-state index contributed by atoms with van der Waals surface area (Å²) in [4.78, 5) is 14.0. The second-order valence-electron chi connectivity index (χ2n) is 4.85. The number of hydrogen-bond donors (Lipinski definition) is 1. The van der Waals surface area contributed by atoms with Crippen LogP contribution in [0.4, 0.5) is 5.69 Å². The van der Waals surface area contributed by atoms with Crippen LogP contribution in [0.3, 0.4) is 0 Å². The summed E-state index contributed by atoms with van der Waals surface area (Å²) >= 11 is 0. The molecule has 5 nitrogen and oxygen atoms in total. The Hall–Kier alpha value is -2.37.